The minimum Gasteiger partial charge on any atom is -0.450 e. The average molecular weight is 810 g/mol. The Morgan fingerprint density at radius 3 is 1.67 bits per heavy atom. The van der Waals surface area contributed by atoms with Gasteiger partial charge >= 0.3 is 0 Å². The molecule has 0 aliphatic carbocycles. The Morgan fingerprint density at radius 1 is 0.397 bits per heavy atom. The summed E-state index contributed by atoms with van der Waals surface area (Å²) in [5.74, 6) is 5.30. The summed E-state index contributed by atoms with van der Waals surface area (Å²) in [6, 6.07) is 69.1. The molecule has 10 aromatic rings. The number of para-hydroxylation sites is 4. The number of anilines is 5. The Hall–Kier alpha value is -8.42. The molecule has 1 N–H and O–H groups in total. The molecule has 3 aliphatic rings. The van der Waals surface area contributed by atoms with Gasteiger partial charge in [-0.1, -0.05) is 121 Å². The lowest BCUT2D eigenvalue weighted by Crippen LogP contribution is -2.41. The lowest BCUT2D eigenvalue weighted by molar-refractivity contribution is 0.359. The Morgan fingerprint density at radius 2 is 0.952 bits per heavy atom. The zero-order valence-corrected chi connectivity index (χ0v) is 33.7. The van der Waals surface area contributed by atoms with E-state index in [1.54, 1.807) is 0 Å². The van der Waals surface area contributed by atoms with Gasteiger partial charge in [-0.25, -0.2) is 0 Å². The van der Waals surface area contributed by atoms with Crippen LogP contribution in [0.15, 0.2) is 200 Å². The van der Waals surface area contributed by atoms with Crippen LogP contribution in [-0.2, 0) is 0 Å². The van der Waals surface area contributed by atoms with E-state index >= 15 is 0 Å². The zero-order valence-electron chi connectivity index (χ0n) is 33.7. The smallest absolute Gasteiger partial charge is 0.198 e. The summed E-state index contributed by atoms with van der Waals surface area (Å²) >= 11 is 0. The number of hydrogen-bond acceptors (Lipinski definition) is 6. The fourth-order valence-corrected chi connectivity index (χ4v) is 9.16. The topological polar surface area (TPSA) is 52.2 Å². The lowest BCUT2D eigenvalue weighted by atomic mass is 9.57. The van der Waals surface area contributed by atoms with E-state index < -0.39 is 0 Å². The minimum absolute atomic E-state index is 0.635. The SMILES string of the molecule is [B]1c2cc3c(cc2N(c2ccc4c(c2)Oc2ccccc2O4)c2cc4ccccc4c(-c4cc5ccccc5cc4Nc4ccc(-c5ccccc5)cc4)c21)Oc1ccccc1O3. The first-order valence-corrected chi connectivity index (χ1v) is 21.0. The molecule has 3 aliphatic heterocycles. The summed E-state index contributed by atoms with van der Waals surface area (Å²) in [4.78, 5) is 2.31. The van der Waals surface area contributed by atoms with Crippen molar-refractivity contribution in [3.8, 4) is 68.2 Å². The van der Waals surface area contributed by atoms with Gasteiger partial charge in [0.1, 0.15) is 0 Å². The van der Waals surface area contributed by atoms with Crippen molar-refractivity contribution < 1.29 is 18.9 Å². The molecule has 10 aromatic carbocycles. The van der Waals surface area contributed by atoms with Crippen molar-refractivity contribution in [3.05, 3.63) is 200 Å². The molecule has 63 heavy (non-hydrogen) atoms. The first-order valence-electron chi connectivity index (χ1n) is 21.0. The summed E-state index contributed by atoms with van der Waals surface area (Å²) in [6.45, 7) is 0. The molecule has 0 saturated heterocycles. The van der Waals surface area contributed by atoms with E-state index in [2.05, 4.69) is 157 Å². The Kier molecular flexibility index (Phi) is 7.90. The maximum absolute atomic E-state index is 6.54. The number of fused-ring (bicyclic) bond motifs is 8. The summed E-state index contributed by atoms with van der Waals surface area (Å²) < 4.78 is 25.9. The first-order chi connectivity index (χ1) is 31.2. The van der Waals surface area contributed by atoms with E-state index in [-0.39, 0.29) is 0 Å². The van der Waals surface area contributed by atoms with E-state index in [0.717, 1.165) is 72.0 Å². The van der Waals surface area contributed by atoms with Crippen LogP contribution in [0.5, 0.6) is 46.0 Å². The van der Waals surface area contributed by atoms with Crippen molar-refractivity contribution in [2.45, 2.75) is 0 Å². The molecule has 13 rings (SSSR count). The second kappa shape index (κ2) is 14.1. The number of nitrogens with one attached hydrogen (secondary N) is 1. The first kappa shape index (κ1) is 35.4. The number of nitrogens with zero attached hydrogens (tertiary/aromatic N) is 1. The van der Waals surface area contributed by atoms with Crippen molar-refractivity contribution in [1.82, 2.24) is 0 Å². The molecule has 0 atom stereocenters. The fourth-order valence-electron chi connectivity index (χ4n) is 9.16. The van der Waals surface area contributed by atoms with Gasteiger partial charge in [-0.05, 0) is 116 Å². The highest BCUT2D eigenvalue weighted by Crippen LogP contribution is 2.52. The molecule has 0 amide bonds. The van der Waals surface area contributed by atoms with Crippen molar-refractivity contribution in [1.29, 1.82) is 0 Å². The van der Waals surface area contributed by atoms with Crippen LogP contribution in [0.4, 0.5) is 28.4 Å². The molecular weight excluding hydrogens is 775 g/mol. The van der Waals surface area contributed by atoms with Gasteiger partial charge in [-0.2, -0.15) is 0 Å². The quantitative estimate of drug-likeness (QED) is 0.175. The molecule has 0 bridgehead atoms. The van der Waals surface area contributed by atoms with Crippen molar-refractivity contribution in [3.63, 3.8) is 0 Å². The van der Waals surface area contributed by atoms with Crippen LogP contribution in [0.25, 0.3) is 43.8 Å². The van der Waals surface area contributed by atoms with Crippen LogP contribution in [0, 0.1) is 0 Å². The highest BCUT2D eigenvalue weighted by molar-refractivity contribution is 6.74. The monoisotopic (exact) mass is 809 g/mol. The van der Waals surface area contributed by atoms with Gasteiger partial charge in [0.15, 0.2) is 53.3 Å². The van der Waals surface area contributed by atoms with Gasteiger partial charge in [0.05, 0.1) is 5.69 Å². The van der Waals surface area contributed by atoms with Gasteiger partial charge in [-0.3, -0.25) is 0 Å². The fraction of sp³-hybridized carbons (Fsp3) is 0. The van der Waals surface area contributed by atoms with Crippen LogP contribution in [0.1, 0.15) is 0 Å². The zero-order chi connectivity index (χ0) is 41.4. The third-order valence-electron chi connectivity index (χ3n) is 12.1. The maximum Gasteiger partial charge on any atom is 0.198 e. The maximum atomic E-state index is 6.54. The molecule has 7 heteroatoms. The summed E-state index contributed by atoms with van der Waals surface area (Å²) in [7, 11) is 2.30. The summed E-state index contributed by atoms with van der Waals surface area (Å²) in [5, 5.41) is 8.42. The van der Waals surface area contributed by atoms with Crippen LogP contribution < -0.4 is 40.1 Å². The van der Waals surface area contributed by atoms with Crippen molar-refractivity contribution in [2.24, 2.45) is 0 Å². The minimum atomic E-state index is 0.635. The van der Waals surface area contributed by atoms with E-state index in [4.69, 9.17) is 18.9 Å². The number of benzene rings is 10. The average Bonchev–Trinajstić information content (AvgIpc) is 3.33. The predicted molar refractivity (Wildman–Crippen MR) is 255 cm³/mol. The van der Waals surface area contributed by atoms with Gasteiger partial charge in [0.2, 0.25) is 0 Å². The normalized spacial score (nSPS) is 12.7. The number of rotatable bonds is 5. The van der Waals surface area contributed by atoms with Crippen LogP contribution >= 0.6 is 0 Å². The molecule has 0 fully saturated rings. The van der Waals surface area contributed by atoms with E-state index in [1.807, 2.05) is 60.7 Å². The third kappa shape index (κ3) is 5.97. The van der Waals surface area contributed by atoms with E-state index in [1.165, 1.54) is 11.1 Å². The molecule has 3 heterocycles. The Bertz CT molecular complexity index is 3480. The van der Waals surface area contributed by atoms with Crippen LogP contribution in [0.2, 0.25) is 0 Å². The molecular formula is C56H34BN2O4. The number of hydrogen-bond donors (Lipinski definition) is 1. The Balaban J connectivity index is 1.02. The second-order valence-corrected chi connectivity index (χ2v) is 16.0. The molecule has 6 nitrogen and oxygen atoms in total. The van der Waals surface area contributed by atoms with Gasteiger partial charge in [-0.15, -0.1) is 0 Å². The molecule has 0 aromatic heterocycles. The Labute approximate surface area is 364 Å². The van der Waals surface area contributed by atoms with Crippen LogP contribution in [-0.4, -0.2) is 7.28 Å². The second-order valence-electron chi connectivity index (χ2n) is 16.0. The predicted octanol–water partition coefficient (Wildman–Crippen LogP) is 14.3. The van der Waals surface area contributed by atoms with Gasteiger partial charge in [0, 0.05) is 40.4 Å². The van der Waals surface area contributed by atoms with Crippen molar-refractivity contribution in [2.75, 3.05) is 10.2 Å². The molecule has 1 radical (unpaired) electrons. The van der Waals surface area contributed by atoms with E-state index in [0.29, 0.717) is 46.0 Å². The standard InChI is InChI=1S/C56H34BN2O4/c1-2-12-34(13-3-1)35-22-24-39(25-23-35)58-44-29-37-15-5-4-14-36(37)28-42(44)55-41-17-7-6-16-38(41)30-46-56(55)57-43-32-53-54(63-50-21-11-10-20-49(50)62-53)33-45(43)59(46)40-26-27-51-52(31-40)61-48-19-9-8-18-47(48)60-51/h1-33,58H. The molecule has 0 spiro atoms. The van der Waals surface area contributed by atoms with Gasteiger partial charge in [0.25, 0.3) is 0 Å². The number of ether oxygens (including phenoxy) is 4. The van der Waals surface area contributed by atoms with Crippen molar-refractivity contribution >= 4 is 68.2 Å². The highest BCUT2D eigenvalue weighted by Gasteiger charge is 2.33. The molecule has 0 unspecified atom stereocenters. The summed E-state index contributed by atoms with van der Waals surface area (Å²) in [5.41, 5.74) is 11.4. The third-order valence-corrected chi connectivity index (χ3v) is 12.1. The largest absolute Gasteiger partial charge is 0.450 e. The van der Waals surface area contributed by atoms with E-state index in [9.17, 15) is 0 Å². The molecule has 295 valence electrons. The summed E-state index contributed by atoms with van der Waals surface area (Å²) in [6.07, 6.45) is 0. The van der Waals surface area contributed by atoms with Crippen LogP contribution in [0.3, 0.4) is 0 Å². The van der Waals surface area contributed by atoms with Gasteiger partial charge < -0.3 is 29.2 Å². The lowest BCUT2D eigenvalue weighted by Gasteiger charge is -2.37. The highest BCUT2D eigenvalue weighted by atomic mass is 16.6. The molecule has 0 saturated carbocycles.